The molecule has 0 radical (unpaired) electrons. The molecule has 194 valence electrons. The Bertz CT molecular complexity index is 1240. The molecule has 36 heavy (non-hydrogen) atoms. The predicted octanol–water partition coefficient (Wildman–Crippen LogP) is 2.85. The zero-order chi connectivity index (χ0) is 25.4. The summed E-state index contributed by atoms with van der Waals surface area (Å²) in [6.45, 7) is 3.70. The number of aromatic hydroxyl groups is 1. The average Bonchev–Trinajstić information content (AvgIpc) is 3.34. The molecule has 1 fully saturated rings. The van der Waals surface area contributed by atoms with Gasteiger partial charge in [0.15, 0.2) is 17.3 Å². The van der Waals surface area contributed by atoms with E-state index in [2.05, 4.69) is 17.3 Å². The molecule has 10 heteroatoms. The molecule has 1 aromatic heterocycles. The van der Waals surface area contributed by atoms with Gasteiger partial charge in [-0.1, -0.05) is 0 Å². The van der Waals surface area contributed by atoms with E-state index < -0.39 is 16.6 Å². The minimum absolute atomic E-state index is 0.109. The van der Waals surface area contributed by atoms with Crippen LogP contribution >= 0.6 is 11.8 Å². The van der Waals surface area contributed by atoms with Crippen molar-refractivity contribution in [1.29, 1.82) is 0 Å². The molecule has 0 atom stereocenters. The van der Waals surface area contributed by atoms with Crippen LogP contribution < -0.4 is 25.0 Å². The van der Waals surface area contributed by atoms with Gasteiger partial charge in [-0.2, -0.15) is 11.8 Å². The molecule has 1 saturated heterocycles. The number of carbonyl (C=O) groups excluding carboxylic acids is 1. The lowest BCUT2D eigenvalue weighted by molar-refractivity contribution is -0.122. The van der Waals surface area contributed by atoms with Gasteiger partial charge in [-0.25, -0.2) is 0 Å². The molecule has 0 bridgehead atoms. The van der Waals surface area contributed by atoms with Gasteiger partial charge >= 0.3 is 0 Å². The van der Waals surface area contributed by atoms with Crippen molar-refractivity contribution in [1.82, 2.24) is 10.2 Å². The summed E-state index contributed by atoms with van der Waals surface area (Å²) in [5, 5.41) is 13.7. The van der Waals surface area contributed by atoms with Crippen molar-refractivity contribution in [3.05, 3.63) is 44.5 Å². The number of hydrogen-bond acceptors (Lipinski definition) is 9. The van der Waals surface area contributed by atoms with Crippen LogP contribution in [0.3, 0.4) is 0 Å². The Kier molecular flexibility index (Phi) is 6.82. The molecule has 2 aromatic rings. The third-order valence-corrected chi connectivity index (χ3v) is 8.40. The zero-order valence-electron chi connectivity index (χ0n) is 20.9. The topological polar surface area (TPSA) is 110 Å². The SMILES string of the molecule is COc1c2c(c(CNC(=O)CC3(c4oc(C)cc(=O)c4O)CCSCC3)c3c1OCO3)CCN(C)C2. The minimum Gasteiger partial charge on any atom is -0.502 e. The molecule has 0 saturated carbocycles. The lowest BCUT2D eigenvalue weighted by atomic mass is 9.75. The van der Waals surface area contributed by atoms with Crippen molar-refractivity contribution >= 4 is 17.7 Å². The maximum Gasteiger partial charge on any atom is 0.231 e. The molecule has 4 heterocycles. The average molecular weight is 517 g/mol. The molecular weight excluding hydrogens is 484 g/mol. The van der Waals surface area contributed by atoms with Crippen molar-refractivity contribution in [3.63, 3.8) is 0 Å². The number of ether oxygens (including phenoxy) is 3. The van der Waals surface area contributed by atoms with Gasteiger partial charge < -0.3 is 34.0 Å². The first-order valence-corrected chi connectivity index (χ1v) is 13.4. The van der Waals surface area contributed by atoms with Crippen molar-refractivity contribution in [2.45, 2.75) is 51.1 Å². The van der Waals surface area contributed by atoms with Gasteiger partial charge in [0.25, 0.3) is 0 Å². The second-order valence-electron chi connectivity index (χ2n) is 9.77. The van der Waals surface area contributed by atoms with Gasteiger partial charge in [-0.15, -0.1) is 0 Å². The highest BCUT2D eigenvalue weighted by atomic mass is 32.2. The number of amides is 1. The van der Waals surface area contributed by atoms with Gasteiger partial charge in [0.1, 0.15) is 5.76 Å². The number of nitrogens with zero attached hydrogens (tertiary/aromatic N) is 1. The summed E-state index contributed by atoms with van der Waals surface area (Å²) in [5.41, 5.74) is 1.90. The summed E-state index contributed by atoms with van der Waals surface area (Å²) in [6, 6.07) is 1.27. The van der Waals surface area contributed by atoms with E-state index in [0.29, 0.717) is 35.9 Å². The van der Waals surface area contributed by atoms with E-state index in [0.717, 1.165) is 47.7 Å². The Labute approximate surface area is 214 Å². The van der Waals surface area contributed by atoms with Crippen LogP contribution in [0.2, 0.25) is 0 Å². The first-order chi connectivity index (χ1) is 17.3. The number of fused-ring (bicyclic) bond motifs is 2. The largest absolute Gasteiger partial charge is 0.502 e. The smallest absolute Gasteiger partial charge is 0.231 e. The number of methoxy groups -OCH3 is 1. The Morgan fingerprint density at radius 1 is 1.25 bits per heavy atom. The van der Waals surface area contributed by atoms with Gasteiger partial charge in [-0.05, 0) is 50.3 Å². The third kappa shape index (κ3) is 4.41. The molecule has 0 spiro atoms. The van der Waals surface area contributed by atoms with Crippen LogP contribution in [0.25, 0.3) is 0 Å². The fourth-order valence-electron chi connectivity index (χ4n) is 5.55. The highest BCUT2D eigenvalue weighted by molar-refractivity contribution is 7.99. The Hall–Kier alpha value is -2.85. The third-order valence-electron chi connectivity index (χ3n) is 7.41. The first-order valence-electron chi connectivity index (χ1n) is 12.2. The number of hydrogen-bond donors (Lipinski definition) is 2. The molecule has 0 aliphatic carbocycles. The molecular formula is C26H32N2O7S. The standard InChI is InChI=1S/C26H32N2O7S/c1-15-10-19(29)21(31)25(35-15)26(5-8-36-9-6-26)11-20(30)27-12-17-16-4-7-28(2)13-18(16)22(32-3)24-23(17)33-14-34-24/h10,31H,4-9,11-14H2,1-3H3,(H,27,30). The maximum atomic E-state index is 13.4. The molecule has 1 amide bonds. The van der Waals surface area contributed by atoms with Crippen molar-refractivity contribution < 1.29 is 28.5 Å². The Balaban J connectivity index is 1.43. The van der Waals surface area contributed by atoms with E-state index in [1.807, 2.05) is 0 Å². The predicted molar refractivity (Wildman–Crippen MR) is 135 cm³/mol. The normalized spacial score (nSPS) is 18.5. The maximum absolute atomic E-state index is 13.4. The summed E-state index contributed by atoms with van der Waals surface area (Å²) >= 11 is 1.80. The van der Waals surface area contributed by atoms with E-state index in [1.165, 1.54) is 6.07 Å². The fraction of sp³-hybridized carbons (Fsp3) is 0.538. The second kappa shape index (κ2) is 9.89. The lowest BCUT2D eigenvalue weighted by Crippen LogP contribution is -2.38. The van der Waals surface area contributed by atoms with E-state index in [-0.39, 0.29) is 31.4 Å². The number of benzene rings is 1. The summed E-state index contributed by atoms with van der Waals surface area (Å²) in [5.74, 6) is 3.64. The molecule has 9 nitrogen and oxygen atoms in total. The van der Waals surface area contributed by atoms with E-state index in [9.17, 15) is 14.7 Å². The summed E-state index contributed by atoms with van der Waals surface area (Å²) < 4.78 is 23.1. The zero-order valence-corrected chi connectivity index (χ0v) is 21.7. The second-order valence-corrected chi connectivity index (χ2v) is 11.0. The number of nitrogens with one attached hydrogen (secondary N) is 1. The molecule has 3 aliphatic heterocycles. The summed E-state index contributed by atoms with van der Waals surface area (Å²) in [7, 11) is 3.70. The number of rotatable bonds is 6. The highest BCUT2D eigenvalue weighted by Gasteiger charge is 2.42. The molecule has 2 N–H and O–H groups in total. The van der Waals surface area contributed by atoms with Gasteiger partial charge in [0, 0.05) is 48.7 Å². The molecule has 3 aliphatic rings. The van der Waals surface area contributed by atoms with Gasteiger partial charge in [0.05, 0.1) is 7.11 Å². The van der Waals surface area contributed by atoms with Crippen LogP contribution in [0, 0.1) is 6.92 Å². The van der Waals surface area contributed by atoms with Crippen molar-refractivity contribution in [2.75, 3.05) is 39.0 Å². The molecule has 0 unspecified atom stereocenters. The molecule has 5 rings (SSSR count). The van der Waals surface area contributed by atoms with E-state index in [1.54, 1.807) is 25.8 Å². The van der Waals surface area contributed by atoms with Crippen LogP contribution in [0.4, 0.5) is 0 Å². The number of likely N-dealkylation sites (N-methyl/N-ethyl adjacent to an activating group) is 1. The van der Waals surface area contributed by atoms with Crippen LogP contribution in [0.1, 0.15) is 47.5 Å². The quantitative estimate of drug-likeness (QED) is 0.599. The van der Waals surface area contributed by atoms with Crippen LogP contribution in [0.5, 0.6) is 23.0 Å². The first kappa shape index (κ1) is 24.8. The number of carbonyl (C=O) groups is 1. The highest BCUT2D eigenvalue weighted by Crippen LogP contribution is 2.50. The van der Waals surface area contributed by atoms with Crippen LogP contribution in [0.15, 0.2) is 15.3 Å². The van der Waals surface area contributed by atoms with Crippen LogP contribution in [-0.2, 0) is 29.7 Å². The Morgan fingerprint density at radius 2 is 2.00 bits per heavy atom. The molecule has 1 aromatic carbocycles. The van der Waals surface area contributed by atoms with Crippen molar-refractivity contribution in [3.8, 4) is 23.0 Å². The van der Waals surface area contributed by atoms with Gasteiger partial charge in [-0.3, -0.25) is 9.59 Å². The Morgan fingerprint density at radius 3 is 2.75 bits per heavy atom. The van der Waals surface area contributed by atoms with Crippen LogP contribution in [-0.4, -0.2) is 54.9 Å². The van der Waals surface area contributed by atoms with Gasteiger partial charge in [0.2, 0.25) is 29.6 Å². The lowest BCUT2D eigenvalue weighted by Gasteiger charge is -2.35. The minimum atomic E-state index is -0.728. The summed E-state index contributed by atoms with van der Waals surface area (Å²) in [4.78, 5) is 27.9. The number of aryl methyl sites for hydroxylation is 1. The summed E-state index contributed by atoms with van der Waals surface area (Å²) in [6.07, 6.45) is 2.21. The monoisotopic (exact) mass is 516 g/mol. The van der Waals surface area contributed by atoms with E-state index >= 15 is 0 Å². The fourth-order valence-corrected chi connectivity index (χ4v) is 6.83. The van der Waals surface area contributed by atoms with Crippen molar-refractivity contribution in [2.24, 2.45) is 0 Å². The number of thioether (sulfide) groups is 1. The van der Waals surface area contributed by atoms with E-state index in [4.69, 9.17) is 18.6 Å².